The van der Waals surface area contributed by atoms with Crippen molar-refractivity contribution in [3.05, 3.63) is 0 Å². The molecule has 0 atom stereocenters. The van der Waals surface area contributed by atoms with Crippen molar-refractivity contribution in [1.29, 1.82) is 0 Å². The molecule has 2 heteroatoms. The predicted octanol–water partition coefficient (Wildman–Crippen LogP) is 4.35. The maximum absolute atomic E-state index is 5.96. The number of hydrogen-bond donors (Lipinski definition) is 1. The van der Waals surface area contributed by atoms with Gasteiger partial charge >= 0.3 is 0 Å². The standard InChI is InChI=1S/C15H34N2/c1-4-5-6-7-8-9-10-13-17(16)14-11-12-15(2)3/h15H,4-14,16H2,1-3H3. The van der Waals surface area contributed by atoms with Crippen LogP contribution in [-0.2, 0) is 0 Å². The lowest BCUT2D eigenvalue weighted by molar-refractivity contribution is 0.264. The summed E-state index contributed by atoms with van der Waals surface area (Å²) in [4.78, 5) is 0. The molecule has 17 heavy (non-hydrogen) atoms. The van der Waals surface area contributed by atoms with Crippen molar-refractivity contribution in [2.75, 3.05) is 13.1 Å². The van der Waals surface area contributed by atoms with Gasteiger partial charge in [0.1, 0.15) is 0 Å². The molecule has 0 aromatic carbocycles. The Labute approximate surface area is 109 Å². The monoisotopic (exact) mass is 242 g/mol. The molecular weight excluding hydrogens is 208 g/mol. The van der Waals surface area contributed by atoms with Gasteiger partial charge in [0, 0.05) is 13.1 Å². The topological polar surface area (TPSA) is 29.3 Å². The highest BCUT2D eigenvalue weighted by molar-refractivity contribution is 4.53. The van der Waals surface area contributed by atoms with E-state index in [2.05, 4.69) is 20.8 Å². The van der Waals surface area contributed by atoms with E-state index >= 15 is 0 Å². The molecule has 0 aliphatic rings. The second kappa shape index (κ2) is 12.4. The van der Waals surface area contributed by atoms with Crippen LogP contribution in [-0.4, -0.2) is 18.1 Å². The molecule has 0 unspecified atom stereocenters. The highest BCUT2D eigenvalue weighted by Gasteiger charge is 2.00. The lowest BCUT2D eigenvalue weighted by Gasteiger charge is -2.16. The SMILES string of the molecule is CCCCCCCCCN(N)CCCC(C)C. The summed E-state index contributed by atoms with van der Waals surface area (Å²) in [5.74, 6) is 6.76. The Kier molecular flexibility index (Phi) is 12.3. The van der Waals surface area contributed by atoms with Gasteiger partial charge in [-0.05, 0) is 25.2 Å². The van der Waals surface area contributed by atoms with E-state index in [9.17, 15) is 0 Å². The van der Waals surface area contributed by atoms with E-state index in [0.717, 1.165) is 19.0 Å². The highest BCUT2D eigenvalue weighted by Crippen LogP contribution is 2.07. The van der Waals surface area contributed by atoms with Crippen LogP contribution in [0, 0.1) is 5.92 Å². The third-order valence-electron chi connectivity index (χ3n) is 3.28. The molecule has 0 aliphatic carbocycles. The smallest absolute Gasteiger partial charge is 0.0128 e. The highest BCUT2D eigenvalue weighted by atomic mass is 15.4. The number of nitrogens with two attached hydrogens (primary N) is 1. The zero-order valence-electron chi connectivity index (χ0n) is 12.4. The Bertz CT molecular complexity index is 146. The van der Waals surface area contributed by atoms with E-state index in [0.29, 0.717) is 0 Å². The van der Waals surface area contributed by atoms with Gasteiger partial charge in [0.05, 0.1) is 0 Å². The summed E-state index contributed by atoms with van der Waals surface area (Å²) in [6, 6.07) is 0. The summed E-state index contributed by atoms with van der Waals surface area (Å²) in [5, 5.41) is 2.01. The van der Waals surface area contributed by atoms with Gasteiger partial charge in [0.25, 0.3) is 0 Å². The van der Waals surface area contributed by atoms with Crippen LogP contribution >= 0.6 is 0 Å². The first kappa shape index (κ1) is 16.9. The van der Waals surface area contributed by atoms with Crippen molar-refractivity contribution in [3.8, 4) is 0 Å². The van der Waals surface area contributed by atoms with Gasteiger partial charge < -0.3 is 0 Å². The van der Waals surface area contributed by atoms with Gasteiger partial charge in [0.2, 0.25) is 0 Å². The van der Waals surface area contributed by atoms with Gasteiger partial charge in [-0.2, -0.15) is 0 Å². The minimum Gasteiger partial charge on any atom is -0.269 e. The Balaban J connectivity index is 3.13. The van der Waals surface area contributed by atoms with E-state index in [1.54, 1.807) is 0 Å². The number of unbranched alkanes of at least 4 members (excludes halogenated alkanes) is 6. The Morgan fingerprint density at radius 2 is 1.35 bits per heavy atom. The number of hydrogen-bond acceptors (Lipinski definition) is 2. The zero-order chi connectivity index (χ0) is 12.9. The van der Waals surface area contributed by atoms with Crippen molar-refractivity contribution in [2.24, 2.45) is 11.8 Å². The molecule has 0 radical (unpaired) electrons. The molecule has 0 heterocycles. The van der Waals surface area contributed by atoms with Crippen LogP contribution in [0.25, 0.3) is 0 Å². The van der Waals surface area contributed by atoms with E-state index < -0.39 is 0 Å². The van der Waals surface area contributed by atoms with E-state index in [-0.39, 0.29) is 0 Å². The molecule has 0 bridgehead atoms. The summed E-state index contributed by atoms with van der Waals surface area (Å²) >= 11 is 0. The van der Waals surface area contributed by atoms with Gasteiger partial charge in [-0.15, -0.1) is 0 Å². The Morgan fingerprint density at radius 3 is 1.94 bits per heavy atom. The molecule has 0 rings (SSSR count). The largest absolute Gasteiger partial charge is 0.269 e. The molecule has 2 N–H and O–H groups in total. The molecule has 104 valence electrons. The third-order valence-corrected chi connectivity index (χ3v) is 3.28. The van der Waals surface area contributed by atoms with Crippen LogP contribution in [0.4, 0.5) is 0 Å². The maximum Gasteiger partial charge on any atom is 0.0128 e. The number of rotatable bonds is 12. The summed E-state index contributed by atoms with van der Waals surface area (Å²) in [7, 11) is 0. The average molecular weight is 242 g/mol. The first-order chi connectivity index (χ1) is 8.16. The molecule has 0 aromatic heterocycles. The molecule has 0 saturated carbocycles. The van der Waals surface area contributed by atoms with Crippen LogP contribution < -0.4 is 5.84 Å². The molecule has 0 spiro atoms. The fraction of sp³-hybridized carbons (Fsp3) is 1.00. The fourth-order valence-corrected chi connectivity index (χ4v) is 2.09. The molecular formula is C15H34N2. The maximum atomic E-state index is 5.96. The van der Waals surface area contributed by atoms with E-state index in [4.69, 9.17) is 5.84 Å². The van der Waals surface area contributed by atoms with Gasteiger partial charge in [-0.25, -0.2) is 5.01 Å². The fourth-order valence-electron chi connectivity index (χ4n) is 2.09. The molecule has 0 fully saturated rings. The van der Waals surface area contributed by atoms with Crippen molar-refractivity contribution in [1.82, 2.24) is 5.01 Å². The molecule has 0 amide bonds. The van der Waals surface area contributed by atoms with Gasteiger partial charge in [0.15, 0.2) is 0 Å². The number of hydrazine groups is 1. The molecule has 0 aromatic rings. The third kappa shape index (κ3) is 13.9. The second-order valence-corrected chi connectivity index (χ2v) is 5.69. The van der Waals surface area contributed by atoms with Crippen molar-refractivity contribution in [2.45, 2.75) is 78.6 Å². The van der Waals surface area contributed by atoms with Crippen LogP contribution in [0.3, 0.4) is 0 Å². The van der Waals surface area contributed by atoms with E-state index in [1.165, 1.54) is 57.8 Å². The lowest BCUT2D eigenvalue weighted by Crippen LogP contribution is -2.33. The normalized spacial score (nSPS) is 11.6. The van der Waals surface area contributed by atoms with Crippen molar-refractivity contribution in [3.63, 3.8) is 0 Å². The zero-order valence-corrected chi connectivity index (χ0v) is 12.4. The lowest BCUT2D eigenvalue weighted by atomic mass is 10.1. The molecule has 0 aliphatic heterocycles. The average Bonchev–Trinajstić information content (AvgIpc) is 2.27. The quantitative estimate of drug-likeness (QED) is 0.313. The first-order valence-electron chi connectivity index (χ1n) is 7.66. The Hall–Kier alpha value is -0.0800. The van der Waals surface area contributed by atoms with Crippen LogP contribution in [0.1, 0.15) is 78.6 Å². The Morgan fingerprint density at radius 1 is 0.824 bits per heavy atom. The van der Waals surface area contributed by atoms with Gasteiger partial charge in [-0.1, -0.05) is 59.3 Å². The summed E-state index contributed by atoms with van der Waals surface area (Å²) < 4.78 is 0. The molecule has 0 saturated heterocycles. The first-order valence-corrected chi connectivity index (χ1v) is 7.66. The minimum absolute atomic E-state index is 0.807. The van der Waals surface area contributed by atoms with Crippen molar-refractivity contribution >= 4 is 0 Å². The van der Waals surface area contributed by atoms with Gasteiger partial charge in [-0.3, -0.25) is 5.84 Å². The predicted molar refractivity (Wildman–Crippen MR) is 77.8 cm³/mol. The molecule has 2 nitrogen and oxygen atoms in total. The van der Waals surface area contributed by atoms with Crippen LogP contribution in [0.15, 0.2) is 0 Å². The van der Waals surface area contributed by atoms with Crippen molar-refractivity contribution < 1.29 is 0 Å². The van der Waals surface area contributed by atoms with Crippen LogP contribution in [0.5, 0.6) is 0 Å². The van der Waals surface area contributed by atoms with E-state index in [1.807, 2.05) is 5.01 Å². The summed E-state index contributed by atoms with van der Waals surface area (Å²) in [5.41, 5.74) is 0. The summed E-state index contributed by atoms with van der Waals surface area (Å²) in [6.45, 7) is 8.96. The number of nitrogens with zero attached hydrogens (tertiary/aromatic N) is 1. The van der Waals surface area contributed by atoms with Crippen LogP contribution in [0.2, 0.25) is 0 Å². The summed E-state index contributed by atoms with van der Waals surface area (Å²) in [6.07, 6.45) is 12.1. The second-order valence-electron chi connectivity index (χ2n) is 5.69. The minimum atomic E-state index is 0.807.